The van der Waals surface area contributed by atoms with Crippen molar-refractivity contribution in [2.45, 2.75) is 59.4 Å². The molecule has 1 heterocycles. The summed E-state index contributed by atoms with van der Waals surface area (Å²) in [4.78, 5) is 12.7. The number of Topliss-reactive ketones (excluding diaryl/α,β-unsaturated/α-hetero) is 1. The van der Waals surface area contributed by atoms with E-state index >= 15 is 0 Å². The Bertz CT molecular complexity index is 471. The average Bonchev–Trinajstić information content (AvgIpc) is 2.80. The van der Waals surface area contributed by atoms with Crippen LogP contribution in [0.4, 0.5) is 0 Å². The Kier molecular flexibility index (Phi) is 4.90. The molecular weight excluding hydrogens is 272 g/mol. The molecule has 1 aliphatic rings. The molecule has 0 radical (unpaired) electrons. The molecule has 0 aromatic carbocycles. The maximum absolute atomic E-state index is 12.7. The molecule has 0 spiro atoms. The van der Waals surface area contributed by atoms with Crippen molar-refractivity contribution in [3.05, 3.63) is 16.9 Å². The van der Waals surface area contributed by atoms with Gasteiger partial charge in [-0.25, -0.2) is 0 Å². The van der Waals surface area contributed by atoms with Gasteiger partial charge in [-0.3, -0.25) is 9.48 Å². The van der Waals surface area contributed by atoms with Gasteiger partial charge in [0.2, 0.25) is 0 Å². The Morgan fingerprint density at radius 2 is 1.85 bits per heavy atom. The molecule has 0 aliphatic heterocycles. The van der Waals surface area contributed by atoms with Crippen LogP contribution in [0, 0.1) is 17.8 Å². The van der Waals surface area contributed by atoms with Crippen LogP contribution in [0.2, 0.25) is 5.02 Å². The summed E-state index contributed by atoms with van der Waals surface area (Å²) in [6.07, 6.45) is 5.88. The van der Waals surface area contributed by atoms with Gasteiger partial charge in [0.15, 0.2) is 5.78 Å². The Morgan fingerprint density at radius 1 is 1.25 bits per heavy atom. The number of carbonyl (C=O) groups is 1. The van der Waals surface area contributed by atoms with Crippen LogP contribution in [0.15, 0.2) is 6.20 Å². The molecule has 4 heteroatoms. The highest BCUT2D eigenvalue weighted by molar-refractivity contribution is 6.33. The predicted octanol–water partition coefficient (Wildman–Crippen LogP) is 4.76. The molecule has 0 amide bonds. The molecule has 0 N–H and O–H groups in total. The lowest BCUT2D eigenvalue weighted by atomic mass is 9.75. The number of hydrogen-bond donors (Lipinski definition) is 0. The van der Waals surface area contributed by atoms with Gasteiger partial charge in [0.1, 0.15) is 5.69 Å². The number of nitrogens with zero attached hydrogens (tertiary/aromatic N) is 2. The van der Waals surface area contributed by atoms with Crippen LogP contribution in [0.3, 0.4) is 0 Å². The van der Waals surface area contributed by atoms with Crippen molar-refractivity contribution in [1.82, 2.24) is 9.78 Å². The summed E-state index contributed by atoms with van der Waals surface area (Å²) in [6, 6.07) is 0.161. The van der Waals surface area contributed by atoms with Crippen molar-refractivity contribution in [2.24, 2.45) is 17.8 Å². The zero-order chi connectivity index (χ0) is 14.9. The third-order valence-electron chi connectivity index (χ3n) is 4.56. The van der Waals surface area contributed by atoms with Crippen molar-refractivity contribution in [2.75, 3.05) is 0 Å². The Morgan fingerprint density at radius 3 is 2.35 bits per heavy atom. The first-order valence-corrected chi connectivity index (χ1v) is 8.06. The molecule has 1 aliphatic carbocycles. The van der Waals surface area contributed by atoms with Crippen LogP contribution in [-0.4, -0.2) is 15.6 Å². The lowest BCUT2D eigenvalue weighted by Crippen LogP contribution is -2.26. The minimum Gasteiger partial charge on any atom is -0.292 e. The number of rotatable bonds is 4. The van der Waals surface area contributed by atoms with E-state index in [0.29, 0.717) is 10.7 Å². The number of halogens is 1. The number of ketones is 1. The highest BCUT2D eigenvalue weighted by Gasteiger charge is 2.31. The number of carbonyl (C=O) groups excluding carboxylic acids is 1. The van der Waals surface area contributed by atoms with Gasteiger partial charge < -0.3 is 0 Å². The monoisotopic (exact) mass is 296 g/mol. The Labute approximate surface area is 126 Å². The first-order valence-electron chi connectivity index (χ1n) is 7.69. The second kappa shape index (κ2) is 6.30. The van der Waals surface area contributed by atoms with E-state index in [1.807, 2.05) is 13.8 Å². The third kappa shape index (κ3) is 3.08. The molecule has 1 saturated carbocycles. The van der Waals surface area contributed by atoms with Crippen LogP contribution in [0.1, 0.15) is 69.9 Å². The second-order valence-corrected chi connectivity index (χ2v) is 7.01. The van der Waals surface area contributed by atoms with Crippen molar-refractivity contribution in [3.8, 4) is 0 Å². The van der Waals surface area contributed by atoms with Crippen LogP contribution in [-0.2, 0) is 0 Å². The Balaban J connectivity index is 2.11. The van der Waals surface area contributed by atoms with Gasteiger partial charge in [0.05, 0.1) is 11.2 Å². The lowest BCUT2D eigenvalue weighted by molar-refractivity contribution is 0.0846. The Hall–Kier alpha value is -0.830. The van der Waals surface area contributed by atoms with E-state index in [1.165, 1.54) is 0 Å². The molecule has 0 bridgehead atoms. The molecule has 0 saturated heterocycles. The van der Waals surface area contributed by atoms with Gasteiger partial charge >= 0.3 is 0 Å². The van der Waals surface area contributed by atoms with Crippen molar-refractivity contribution < 1.29 is 4.79 Å². The van der Waals surface area contributed by atoms with E-state index in [1.54, 1.807) is 10.9 Å². The largest absolute Gasteiger partial charge is 0.292 e. The standard InChI is InChI=1S/C16H25ClN2O/c1-10(2)12-5-7-13(8-6-12)16(20)15-14(17)9-18-19(15)11(3)4/h9-13H,5-8H2,1-4H3. The normalized spacial score (nSPS) is 23.6. The van der Waals surface area contributed by atoms with Gasteiger partial charge in [-0.15, -0.1) is 0 Å². The first kappa shape index (κ1) is 15.6. The molecular formula is C16H25ClN2O. The first-order chi connectivity index (χ1) is 9.41. The van der Waals surface area contributed by atoms with E-state index in [0.717, 1.165) is 37.5 Å². The predicted molar refractivity (Wildman–Crippen MR) is 82.2 cm³/mol. The summed E-state index contributed by atoms with van der Waals surface area (Å²) >= 11 is 6.18. The van der Waals surface area contributed by atoms with Crippen LogP contribution in [0.25, 0.3) is 0 Å². The van der Waals surface area contributed by atoms with Crippen LogP contribution in [0.5, 0.6) is 0 Å². The molecule has 1 aromatic heterocycles. The fourth-order valence-electron chi connectivity index (χ4n) is 3.20. The van der Waals surface area contributed by atoms with Crippen molar-refractivity contribution >= 4 is 17.4 Å². The zero-order valence-electron chi connectivity index (χ0n) is 12.9. The molecule has 112 valence electrons. The smallest absolute Gasteiger partial charge is 0.185 e. The fourth-order valence-corrected chi connectivity index (χ4v) is 3.43. The lowest BCUT2D eigenvalue weighted by Gasteiger charge is -2.30. The summed E-state index contributed by atoms with van der Waals surface area (Å²) < 4.78 is 1.76. The third-order valence-corrected chi connectivity index (χ3v) is 4.84. The van der Waals surface area contributed by atoms with Gasteiger partial charge in [-0.1, -0.05) is 25.4 Å². The maximum Gasteiger partial charge on any atom is 0.185 e. The number of hydrogen-bond acceptors (Lipinski definition) is 2. The SMILES string of the molecule is CC(C)C1CCC(C(=O)c2c(Cl)cnn2C(C)C)CC1. The van der Waals surface area contributed by atoms with E-state index < -0.39 is 0 Å². The van der Waals surface area contributed by atoms with Crippen LogP contribution >= 0.6 is 11.6 Å². The van der Waals surface area contributed by atoms with E-state index in [2.05, 4.69) is 18.9 Å². The molecule has 3 nitrogen and oxygen atoms in total. The highest BCUT2D eigenvalue weighted by atomic mass is 35.5. The summed E-state index contributed by atoms with van der Waals surface area (Å²) in [5.74, 6) is 1.79. The molecule has 0 atom stereocenters. The maximum atomic E-state index is 12.7. The minimum absolute atomic E-state index is 0.122. The fraction of sp³-hybridized carbons (Fsp3) is 0.750. The molecule has 2 rings (SSSR count). The van der Waals surface area contributed by atoms with E-state index in [4.69, 9.17) is 11.6 Å². The van der Waals surface area contributed by atoms with E-state index in [9.17, 15) is 4.79 Å². The summed E-state index contributed by atoms with van der Waals surface area (Å²) in [6.45, 7) is 8.60. The zero-order valence-corrected chi connectivity index (χ0v) is 13.7. The second-order valence-electron chi connectivity index (χ2n) is 6.60. The summed E-state index contributed by atoms with van der Waals surface area (Å²) in [5.41, 5.74) is 0.606. The van der Waals surface area contributed by atoms with Gasteiger partial charge in [0.25, 0.3) is 0 Å². The molecule has 20 heavy (non-hydrogen) atoms. The van der Waals surface area contributed by atoms with Crippen LogP contribution < -0.4 is 0 Å². The van der Waals surface area contributed by atoms with Gasteiger partial charge in [-0.2, -0.15) is 5.10 Å². The minimum atomic E-state index is 0.122. The van der Waals surface area contributed by atoms with Crippen molar-refractivity contribution in [3.63, 3.8) is 0 Å². The molecule has 1 fully saturated rings. The highest BCUT2D eigenvalue weighted by Crippen LogP contribution is 2.36. The van der Waals surface area contributed by atoms with E-state index in [-0.39, 0.29) is 17.7 Å². The number of aromatic nitrogens is 2. The summed E-state index contributed by atoms with van der Waals surface area (Å²) in [7, 11) is 0. The van der Waals surface area contributed by atoms with Crippen molar-refractivity contribution in [1.29, 1.82) is 0 Å². The topological polar surface area (TPSA) is 34.9 Å². The quantitative estimate of drug-likeness (QED) is 0.751. The van der Waals surface area contributed by atoms with Gasteiger partial charge in [-0.05, 0) is 51.4 Å². The summed E-state index contributed by atoms with van der Waals surface area (Å²) in [5, 5.41) is 4.73. The van der Waals surface area contributed by atoms with Gasteiger partial charge in [0, 0.05) is 12.0 Å². The molecule has 1 aromatic rings. The molecule has 0 unspecified atom stereocenters. The average molecular weight is 297 g/mol.